The van der Waals surface area contributed by atoms with E-state index in [9.17, 15) is 0 Å². The molecule has 0 heterocycles. The van der Waals surface area contributed by atoms with E-state index in [1.807, 2.05) is 0 Å². The molecular formula is C14H32N2. The third kappa shape index (κ3) is 4.84. The smallest absolute Gasteiger partial charge is 0.0295 e. The predicted octanol–water partition coefficient (Wildman–Crippen LogP) is 3.26. The number of nitrogens with zero attached hydrogens (tertiary/aromatic N) is 1. The highest BCUT2D eigenvalue weighted by Gasteiger charge is 2.33. The van der Waals surface area contributed by atoms with Gasteiger partial charge >= 0.3 is 0 Å². The summed E-state index contributed by atoms with van der Waals surface area (Å²) in [6.45, 7) is 15.9. The van der Waals surface area contributed by atoms with Gasteiger partial charge in [0.2, 0.25) is 0 Å². The van der Waals surface area contributed by atoms with Gasteiger partial charge in [0.25, 0.3) is 0 Å². The van der Waals surface area contributed by atoms with Crippen molar-refractivity contribution >= 4 is 0 Å². The number of nitrogens with two attached hydrogens (primary N) is 1. The van der Waals surface area contributed by atoms with Crippen LogP contribution in [0.2, 0.25) is 0 Å². The lowest BCUT2D eigenvalue weighted by Gasteiger charge is -2.43. The molecule has 2 nitrogen and oxygen atoms in total. The van der Waals surface area contributed by atoms with Gasteiger partial charge in [-0.2, -0.15) is 0 Å². The molecule has 2 N–H and O–H groups in total. The van der Waals surface area contributed by atoms with Crippen molar-refractivity contribution in [2.75, 3.05) is 13.1 Å². The Bertz CT molecular complexity index is 172. The van der Waals surface area contributed by atoms with Crippen LogP contribution in [-0.4, -0.2) is 30.1 Å². The number of likely N-dealkylation sites (N-methyl/N-ethyl adjacent to an activating group) is 1. The molecule has 0 aliphatic heterocycles. The van der Waals surface area contributed by atoms with Crippen LogP contribution in [0.3, 0.4) is 0 Å². The molecule has 2 unspecified atom stereocenters. The van der Waals surface area contributed by atoms with Gasteiger partial charge < -0.3 is 5.73 Å². The Kier molecular flexibility index (Phi) is 7.25. The van der Waals surface area contributed by atoms with Gasteiger partial charge in [-0.25, -0.2) is 0 Å². The molecule has 0 aromatic carbocycles. The second-order valence-corrected chi connectivity index (χ2v) is 5.87. The van der Waals surface area contributed by atoms with Crippen molar-refractivity contribution < 1.29 is 0 Å². The molecule has 0 amide bonds. The van der Waals surface area contributed by atoms with Crippen LogP contribution in [-0.2, 0) is 0 Å². The Morgan fingerprint density at radius 2 is 1.69 bits per heavy atom. The van der Waals surface area contributed by atoms with E-state index in [-0.39, 0.29) is 11.5 Å². The first-order valence-corrected chi connectivity index (χ1v) is 6.88. The summed E-state index contributed by atoms with van der Waals surface area (Å²) in [5.74, 6) is 0. The number of unbranched alkanes of at least 4 members (excludes halogenated alkanes) is 1. The summed E-state index contributed by atoms with van der Waals surface area (Å²) in [7, 11) is 0. The standard InChI is InChI=1S/C14H32N2/c1-7-10-11-16(9-3)13(12(15)8-2)14(4,5)6/h12-13H,7-11,15H2,1-6H3. The molecule has 0 aliphatic carbocycles. The van der Waals surface area contributed by atoms with Crippen LogP contribution in [0, 0.1) is 5.41 Å². The van der Waals surface area contributed by atoms with Gasteiger partial charge in [0.05, 0.1) is 0 Å². The average Bonchev–Trinajstić information content (AvgIpc) is 2.21. The molecule has 0 bridgehead atoms. The third-order valence-electron chi connectivity index (χ3n) is 3.36. The van der Waals surface area contributed by atoms with Gasteiger partial charge in [-0.3, -0.25) is 4.90 Å². The highest BCUT2D eigenvalue weighted by molar-refractivity contribution is 4.90. The predicted molar refractivity (Wildman–Crippen MR) is 73.7 cm³/mol. The number of hydrogen-bond acceptors (Lipinski definition) is 2. The molecule has 0 fully saturated rings. The first kappa shape index (κ1) is 15.9. The minimum Gasteiger partial charge on any atom is -0.326 e. The summed E-state index contributed by atoms with van der Waals surface area (Å²) < 4.78 is 0. The summed E-state index contributed by atoms with van der Waals surface area (Å²) in [4.78, 5) is 2.57. The number of hydrogen-bond donors (Lipinski definition) is 1. The first-order chi connectivity index (χ1) is 7.38. The molecule has 0 radical (unpaired) electrons. The van der Waals surface area contributed by atoms with Crippen molar-refractivity contribution in [3.63, 3.8) is 0 Å². The van der Waals surface area contributed by atoms with Crippen LogP contribution in [0.4, 0.5) is 0 Å². The molecule has 0 saturated carbocycles. The van der Waals surface area contributed by atoms with E-state index in [0.29, 0.717) is 6.04 Å². The number of rotatable bonds is 7. The van der Waals surface area contributed by atoms with Gasteiger partial charge in [0.15, 0.2) is 0 Å². The van der Waals surface area contributed by atoms with E-state index in [4.69, 9.17) is 5.73 Å². The highest BCUT2D eigenvalue weighted by atomic mass is 15.2. The lowest BCUT2D eigenvalue weighted by Crippen LogP contribution is -2.54. The summed E-state index contributed by atoms with van der Waals surface area (Å²) >= 11 is 0. The zero-order valence-electron chi connectivity index (χ0n) is 12.2. The summed E-state index contributed by atoms with van der Waals surface area (Å²) in [5.41, 5.74) is 6.57. The molecule has 16 heavy (non-hydrogen) atoms. The Labute approximate surface area is 103 Å². The molecule has 2 atom stereocenters. The molecule has 0 saturated heterocycles. The Hall–Kier alpha value is -0.0800. The van der Waals surface area contributed by atoms with Gasteiger partial charge in [-0.1, -0.05) is 48.0 Å². The summed E-state index contributed by atoms with van der Waals surface area (Å²) in [6.07, 6.45) is 3.59. The molecular weight excluding hydrogens is 196 g/mol. The van der Waals surface area contributed by atoms with Gasteiger partial charge in [0.1, 0.15) is 0 Å². The highest BCUT2D eigenvalue weighted by Crippen LogP contribution is 2.27. The first-order valence-electron chi connectivity index (χ1n) is 6.88. The van der Waals surface area contributed by atoms with Crippen LogP contribution < -0.4 is 5.73 Å². The fourth-order valence-corrected chi connectivity index (χ4v) is 2.54. The normalized spacial score (nSPS) is 16.5. The lowest BCUT2D eigenvalue weighted by molar-refractivity contribution is 0.0795. The van der Waals surface area contributed by atoms with Crippen molar-refractivity contribution in [1.29, 1.82) is 0 Å². The maximum absolute atomic E-state index is 6.31. The summed E-state index contributed by atoms with van der Waals surface area (Å²) in [5, 5.41) is 0. The molecule has 2 heteroatoms. The third-order valence-corrected chi connectivity index (χ3v) is 3.36. The van der Waals surface area contributed by atoms with E-state index >= 15 is 0 Å². The molecule has 0 spiro atoms. The van der Waals surface area contributed by atoms with Crippen LogP contribution in [0.5, 0.6) is 0 Å². The molecule has 98 valence electrons. The second kappa shape index (κ2) is 7.29. The molecule has 0 aliphatic rings. The van der Waals surface area contributed by atoms with Crippen molar-refractivity contribution in [3.05, 3.63) is 0 Å². The van der Waals surface area contributed by atoms with Crippen molar-refractivity contribution in [1.82, 2.24) is 4.90 Å². The fourth-order valence-electron chi connectivity index (χ4n) is 2.54. The van der Waals surface area contributed by atoms with Crippen molar-refractivity contribution in [2.24, 2.45) is 11.1 Å². The Morgan fingerprint density at radius 1 is 1.12 bits per heavy atom. The Balaban J connectivity index is 4.70. The largest absolute Gasteiger partial charge is 0.326 e. The van der Waals surface area contributed by atoms with E-state index < -0.39 is 0 Å². The monoisotopic (exact) mass is 228 g/mol. The van der Waals surface area contributed by atoms with Gasteiger partial charge in [-0.05, 0) is 31.3 Å². The van der Waals surface area contributed by atoms with Gasteiger partial charge in [-0.15, -0.1) is 0 Å². The maximum Gasteiger partial charge on any atom is 0.0295 e. The minimum absolute atomic E-state index is 0.263. The zero-order chi connectivity index (χ0) is 12.8. The van der Waals surface area contributed by atoms with Crippen LogP contribution in [0.1, 0.15) is 60.8 Å². The topological polar surface area (TPSA) is 29.3 Å². The minimum atomic E-state index is 0.263. The molecule has 0 rings (SSSR count). The van der Waals surface area contributed by atoms with Crippen LogP contribution >= 0.6 is 0 Å². The van der Waals surface area contributed by atoms with Crippen LogP contribution in [0.15, 0.2) is 0 Å². The van der Waals surface area contributed by atoms with Crippen molar-refractivity contribution in [2.45, 2.75) is 72.9 Å². The SMILES string of the molecule is CCCCN(CC)C(C(N)CC)C(C)(C)C. The lowest BCUT2D eigenvalue weighted by atomic mass is 9.80. The van der Waals surface area contributed by atoms with E-state index in [2.05, 4.69) is 46.4 Å². The average molecular weight is 228 g/mol. The van der Waals surface area contributed by atoms with Crippen molar-refractivity contribution in [3.8, 4) is 0 Å². The van der Waals surface area contributed by atoms with Gasteiger partial charge in [0, 0.05) is 12.1 Å². The van der Waals surface area contributed by atoms with E-state index in [1.165, 1.54) is 19.4 Å². The van der Waals surface area contributed by atoms with E-state index in [1.54, 1.807) is 0 Å². The van der Waals surface area contributed by atoms with E-state index in [0.717, 1.165) is 13.0 Å². The second-order valence-electron chi connectivity index (χ2n) is 5.87. The quantitative estimate of drug-likeness (QED) is 0.724. The maximum atomic E-state index is 6.31. The molecule has 0 aromatic rings. The summed E-state index contributed by atoms with van der Waals surface area (Å²) in [6, 6.07) is 0.783. The fraction of sp³-hybridized carbons (Fsp3) is 1.00. The Morgan fingerprint density at radius 3 is 2.00 bits per heavy atom. The molecule has 0 aromatic heterocycles. The zero-order valence-corrected chi connectivity index (χ0v) is 12.2. The van der Waals surface area contributed by atoms with Crippen LogP contribution in [0.25, 0.3) is 0 Å².